The zero-order chi connectivity index (χ0) is 16.2. The minimum atomic E-state index is -2.87. The maximum atomic E-state index is 13.4. The zero-order valence-corrected chi connectivity index (χ0v) is 11.8. The van der Waals surface area contributed by atoms with Crippen molar-refractivity contribution in [2.75, 3.05) is 5.32 Å². The Kier molecular flexibility index (Phi) is 4.27. The molecule has 4 nitrogen and oxygen atoms in total. The van der Waals surface area contributed by atoms with Crippen LogP contribution in [0, 0.1) is 5.82 Å². The summed E-state index contributed by atoms with van der Waals surface area (Å²) in [6, 6.07) is 10.6. The second-order valence-corrected chi connectivity index (χ2v) is 4.76. The lowest BCUT2D eigenvalue weighted by Gasteiger charge is -2.10. The molecule has 0 aliphatic carbocycles. The van der Waals surface area contributed by atoms with E-state index in [4.69, 9.17) is 0 Å². The fraction of sp³-hybridized carbons (Fsp3) is 0.125. The van der Waals surface area contributed by atoms with Crippen LogP contribution in [0.5, 0.6) is 5.75 Å². The van der Waals surface area contributed by atoms with Crippen LogP contribution in [0.4, 0.5) is 19.0 Å². The number of ether oxygens (including phenoxy) is 1. The van der Waals surface area contributed by atoms with Crippen molar-refractivity contribution in [2.45, 2.75) is 13.2 Å². The molecule has 0 aliphatic rings. The molecule has 0 atom stereocenters. The summed E-state index contributed by atoms with van der Waals surface area (Å²) in [5, 5.41) is 3.60. The lowest BCUT2D eigenvalue weighted by atomic mass is 10.2. The molecule has 0 unspecified atom stereocenters. The molecule has 1 heterocycles. The summed E-state index contributed by atoms with van der Waals surface area (Å²) in [4.78, 5) is 8.16. The van der Waals surface area contributed by atoms with Gasteiger partial charge in [-0.15, -0.1) is 0 Å². The summed E-state index contributed by atoms with van der Waals surface area (Å²) < 4.78 is 42.2. The third-order valence-electron chi connectivity index (χ3n) is 3.18. The fourth-order valence-electron chi connectivity index (χ4n) is 2.19. The lowest BCUT2D eigenvalue weighted by molar-refractivity contribution is -0.0498. The molecular formula is C16H12F3N3O. The number of fused-ring (bicyclic) bond motifs is 1. The first-order valence-corrected chi connectivity index (χ1v) is 6.80. The molecule has 2 aromatic carbocycles. The topological polar surface area (TPSA) is 47.0 Å². The molecular weight excluding hydrogens is 307 g/mol. The Bertz CT molecular complexity index is 827. The van der Waals surface area contributed by atoms with Crippen LogP contribution in [0.1, 0.15) is 5.56 Å². The molecule has 0 radical (unpaired) electrons. The largest absolute Gasteiger partial charge is 0.435 e. The highest BCUT2D eigenvalue weighted by Crippen LogP contribution is 2.21. The summed E-state index contributed by atoms with van der Waals surface area (Å²) in [5.74, 6) is 0.162. The van der Waals surface area contributed by atoms with Crippen LogP contribution in [0.3, 0.4) is 0 Å². The summed E-state index contributed by atoms with van der Waals surface area (Å²) in [7, 11) is 0. The first-order chi connectivity index (χ1) is 11.1. The Morgan fingerprint density at radius 2 is 1.96 bits per heavy atom. The molecule has 1 N–H and O–H groups in total. The van der Waals surface area contributed by atoms with Crippen molar-refractivity contribution in [3.63, 3.8) is 0 Å². The molecule has 3 aromatic rings. The van der Waals surface area contributed by atoms with Crippen molar-refractivity contribution in [1.82, 2.24) is 9.97 Å². The van der Waals surface area contributed by atoms with Gasteiger partial charge in [-0.25, -0.2) is 14.4 Å². The number of halogens is 3. The normalized spacial score (nSPS) is 11.0. The molecule has 0 bridgehead atoms. The first-order valence-electron chi connectivity index (χ1n) is 6.80. The van der Waals surface area contributed by atoms with Crippen LogP contribution < -0.4 is 10.1 Å². The van der Waals surface area contributed by atoms with E-state index in [9.17, 15) is 13.2 Å². The highest BCUT2D eigenvalue weighted by molar-refractivity contribution is 5.88. The molecule has 7 heteroatoms. The summed E-state index contributed by atoms with van der Waals surface area (Å²) in [6.07, 6.45) is 1.37. The molecule has 0 aliphatic heterocycles. The third kappa shape index (κ3) is 3.68. The summed E-state index contributed by atoms with van der Waals surface area (Å²) in [6.45, 7) is -2.55. The summed E-state index contributed by atoms with van der Waals surface area (Å²) >= 11 is 0. The summed E-state index contributed by atoms with van der Waals surface area (Å²) in [5.41, 5.74) is 1.34. The number of rotatable bonds is 5. The maximum absolute atomic E-state index is 13.4. The average molecular weight is 319 g/mol. The quantitative estimate of drug-likeness (QED) is 0.772. The van der Waals surface area contributed by atoms with E-state index in [1.54, 1.807) is 18.2 Å². The van der Waals surface area contributed by atoms with Gasteiger partial charge in [-0.1, -0.05) is 12.1 Å². The number of nitrogens with zero attached hydrogens (tertiary/aromatic N) is 2. The number of anilines is 1. The molecule has 3 rings (SSSR count). The van der Waals surface area contributed by atoms with Crippen LogP contribution in [-0.2, 0) is 6.54 Å². The van der Waals surface area contributed by atoms with Gasteiger partial charge in [-0.2, -0.15) is 8.78 Å². The molecule has 0 fully saturated rings. The van der Waals surface area contributed by atoms with Gasteiger partial charge in [0.1, 0.15) is 23.7 Å². The molecule has 0 spiro atoms. The van der Waals surface area contributed by atoms with E-state index < -0.39 is 6.61 Å². The van der Waals surface area contributed by atoms with Crippen molar-refractivity contribution in [1.29, 1.82) is 0 Å². The Labute approximate surface area is 129 Å². The first kappa shape index (κ1) is 15.1. The Morgan fingerprint density at radius 1 is 1.09 bits per heavy atom. The van der Waals surface area contributed by atoms with Gasteiger partial charge in [-0.05, 0) is 35.9 Å². The Morgan fingerprint density at radius 3 is 2.78 bits per heavy atom. The van der Waals surface area contributed by atoms with Crippen molar-refractivity contribution in [3.05, 3.63) is 60.2 Å². The lowest BCUT2D eigenvalue weighted by Crippen LogP contribution is -2.05. The molecule has 0 amide bonds. The number of aromatic nitrogens is 2. The molecule has 0 saturated heterocycles. The van der Waals surface area contributed by atoms with Crippen molar-refractivity contribution < 1.29 is 17.9 Å². The number of nitrogens with one attached hydrogen (secondary N) is 1. The zero-order valence-electron chi connectivity index (χ0n) is 11.8. The second-order valence-electron chi connectivity index (χ2n) is 4.76. The van der Waals surface area contributed by atoms with E-state index >= 15 is 0 Å². The minimum Gasteiger partial charge on any atom is -0.435 e. The van der Waals surface area contributed by atoms with Crippen LogP contribution in [0.25, 0.3) is 10.9 Å². The molecule has 118 valence electrons. The molecule has 1 aromatic heterocycles. The van der Waals surface area contributed by atoms with Gasteiger partial charge in [0.2, 0.25) is 0 Å². The number of alkyl halides is 2. The molecule has 23 heavy (non-hydrogen) atoms. The predicted octanol–water partition coefficient (Wildman–Crippen LogP) is 3.98. The van der Waals surface area contributed by atoms with E-state index in [0.717, 1.165) is 5.56 Å². The SMILES string of the molecule is Fc1ccc2ncnc(NCc3cccc(OC(F)F)c3)c2c1. The highest BCUT2D eigenvalue weighted by Gasteiger charge is 2.07. The predicted molar refractivity (Wildman–Crippen MR) is 79.9 cm³/mol. The van der Waals surface area contributed by atoms with E-state index in [1.165, 1.54) is 30.6 Å². The van der Waals surface area contributed by atoms with Crippen LogP contribution in [0.2, 0.25) is 0 Å². The highest BCUT2D eigenvalue weighted by atomic mass is 19.3. The number of hydrogen-bond acceptors (Lipinski definition) is 4. The third-order valence-corrected chi connectivity index (χ3v) is 3.18. The van der Waals surface area contributed by atoms with Gasteiger partial charge >= 0.3 is 6.61 Å². The monoisotopic (exact) mass is 319 g/mol. The minimum absolute atomic E-state index is 0.0814. The van der Waals surface area contributed by atoms with Gasteiger partial charge < -0.3 is 10.1 Å². The van der Waals surface area contributed by atoms with E-state index in [2.05, 4.69) is 20.0 Å². The standard InChI is InChI=1S/C16H12F3N3O/c17-11-4-5-14-13(7-11)15(22-9-21-14)20-8-10-2-1-3-12(6-10)23-16(18)19/h1-7,9,16H,8H2,(H,20,21,22). The second kappa shape index (κ2) is 6.51. The van der Waals surface area contributed by atoms with Crippen molar-refractivity contribution >= 4 is 16.7 Å². The average Bonchev–Trinajstić information content (AvgIpc) is 2.52. The van der Waals surface area contributed by atoms with Gasteiger partial charge in [0.05, 0.1) is 5.52 Å². The number of hydrogen-bond donors (Lipinski definition) is 1. The van der Waals surface area contributed by atoms with Gasteiger partial charge in [-0.3, -0.25) is 0 Å². The van der Waals surface area contributed by atoms with Crippen molar-refractivity contribution in [2.24, 2.45) is 0 Å². The van der Waals surface area contributed by atoms with Crippen molar-refractivity contribution in [3.8, 4) is 5.75 Å². The number of benzene rings is 2. The van der Waals surface area contributed by atoms with Gasteiger partial charge in [0, 0.05) is 11.9 Å². The van der Waals surface area contributed by atoms with E-state index in [-0.39, 0.29) is 11.6 Å². The van der Waals surface area contributed by atoms with Crippen LogP contribution in [-0.4, -0.2) is 16.6 Å². The van der Waals surface area contributed by atoms with Gasteiger partial charge in [0.15, 0.2) is 0 Å². The Balaban J connectivity index is 1.80. The maximum Gasteiger partial charge on any atom is 0.387 e. The Hall–Kier alpha value is -2.83. The van der Waals surface area contributed by atoms with E-state index in [1.807, 2.05) is 0 Å². The fourth-order valence-corrected chi connectivity index (χ4v) is 2.19. The molecule has 0 saturated carbocycles. The smallest absolute Gasteiger partial charge is 0.387 e. The van der Waals surface area contributed by atoms with Crippen LogP contribution >= 0.6 is 0 Å². The van der Waals surface area contributed by atoms with Gasteiger partial charge in [0.25, 0.3) is 0 Å². The van der Waals surface area contributed by atoms with Crippen LogP contribution in [0.15, 0.2) is 48.8 Å². The van der Waals surface area contributed by atoms with E-state index in [0.29, 0.717) is 23.3 Å².